The van der Waals surface area contributed by atoms with E-state index in [0.29, 0.717) is 17.9 Å². The molecule has 1 unspecified atom stereocenters. The molecule has 2 aliphatic carbocycles. The maximum absolute atomic E-state index is 12.7. The third kappa shape index (κ3) is 4.52. The molecule has 2 amide bonds. The summed E-state index contributed by atoms with van der Waals surface area (Å²) in [6.45, 7) is 4.11. The topological polar surface area (TPSA) is 49.4 Å². The van der Waals surface area contributed by atoms with Crippen LogP contribution in [0.25, 0.3) is 0 Å². The van der Waals surface area contributed by atoms with Gasteiger partial charge < -0.3 is 10.2 Å². The monoisotopic (exact) mass is 334 g/mol. The minimum Gasteiger partial charge on any atom is -0.353 e. The summed E-state index contributed by atoms with van der Waals surface area (Å²) in [7, 11) is 0. The largest absolute Gasteiger partial charge is 0.353 e. The van der Waals surface area contributed by atoms with Crippen LogP contribution in [0.15, 0.2) is 0 Å². The molecule has 0 aromatic rings. The first-order valence-electron chi connectivity index (χ1n) is 10.2. The average Bonchev–Trinajstić information content (AvgIpc) is 2.62. The molecule has 4 heteroatoms. The van der Waals surface area contributed by atoms with E-state index in [0.717, 1.165) is 58.0 Å². The van der Waals surface area contributed by atoms with Gasteiger partial charge in [0.1, 0.15) is 0 Å². The molecule has 4 nitrogen and oxygen atoms in total. The molecule has 136 valence electrons. The molecule has 3 rings (SSSR count). The quantitative estimate of drug-likeness (QED) is 0.859. The Morgan fingerprint density at radius 3 is 2.17 bits per heavy atom. The molecule has 2 saturated carbocycles. The van der Waals surface area contributed by atoms with Crippen LogP contribution in [0, 0.1) is 17.8 Å². The maximum Gasteiger partial charge on any atom is 0.225 e. The fourth-order valence-corrected chi connectivity index (χ4v) is 4.82. The molecule has 0 aromatic carbocycles. The highest BCUT2D eigenvalue weighted by molar-refractivity contribution is 5.81. The first kappa shape index (κ1) is 17.8. The Balaban J connectivity index is 1.43. The lowest BCUT2D eigenvalue weighted by Gasteiger charge is -2.36. The van der Waals surface area contributed by atoms with Gasteiger partial charge in [-0.25, -0.2) is 0 Å². The van der Waals surface area contributed by atoms with Crippen molar-refractivity contribution < 1.29 is 9.59 Å². The Bertz CT molecular complexity index is 437. The van der Waals surface area contributed by atoms with Crippen molar-refractivity contribution in [2.24, 2.45) is 17.8 Å². The number of hydrogen-bond acceptors (Lipinski definition) is 2. The molecule has 0 spiro atoms. The molecule has 1 heterocycles. The van der Waals surface area contributed by atoms with E-state index < -0.39 is 0 Å². The highest BCUT2D eigenvalue weighted by atomic mass is 16.2. The van der Waals surface area contributed by atoms with Crippen molar-refractivity contribution in [1.29, 1.82) is 0 Å². The molecule has 24 heavy (non-hydrogen) atoms. The first-order valence-corrected chi connectivity index (χ1v) is 10.2. The number of rotatable bonds is 3. The fourth-order valence-electron chi connectivity index (χ4n) is 4.82. The summed E-state index contributed by atoms with van der Waals surface area (Å²) in [5.74, 6) is 1.54. The number of likely N-dealkylation sites (tertiary alicyclic amines) is 1. The van der Waals surface area contributed by atoms with Crippen molar-refractivity contribution in [2.75, 3.05) is 13.1 Å². The molecule has 1 N–H and O–H groups in total. The number of nitrogens with zero attached hydrogens (tertiary/aromatic N) is 1. The van der Waals surface area contributed by atoms with Crippen LogP contribution in [-0.4, -0.2) is 35.8 Å². The lowest BCUT2D eigenvalue weighted by Crippen LogP contribution is -2.45. The standard InChI is InChI=1S/C20H34N2O2/c1-15-6-5-13-22(14-15)20(24)17-11-9-16(10-12-17)19(23)21-18-7-3-2-4-8-18/h15-18H,2-14H2,1H3,(H,21,23). The van der Waals surface area contributed by atoms with Gasteiger partial charge in [-0.2, -0.15) is 0 Å². The molecule has 1 aliphatic heterocycles. The van der Waals surface area contributed by atoms with Gasteiger partial charge in [0.25, 0.3) is 0 Å². The third-order valence-corrected chi connectivity index (χ3v) is 6.37. The number of hydrogen-bond donors (Lipinski definition) is 1. The summed E-state index contributed by atoms with van der Waals surface area (Å²) in [5.41, 5.74) is 0. The van der Waals surface area contributed by atoms with E-state index >= 15 is 0 Å². The summed E-state index contributed by atoms with van der Waals surface area (Å²) >= 11 is 0. The van der Waals surface area contributed by atoms with E-state index in [4.69, 9.17) is 0 Å². The van der Waals surface area contributed by atoms with Crippen molar-refractivity contribution in [3.63, 3.8) is 0 Å². The second kappa shape index (κ2) is 8.35. The minimum atomic E-state index is 0.135. The summed E-state index contributed by atoms with van der Waals surface area (Å²) in [6, 6.07) is 0.403. The van der Waals surface area contributed by atoms with E-state index in [1.807, 2.05) is 0 Å². The second-order valence-corrected chi connectivity index (χ2v) is 8.42. The van der Waals surface area contributed by atoms with E-state index in [1.165, 1.54) is 25.7 Å². The molecular weight excluding hydrogens is 300 g/mol. The van der Waals surface area contributed by atoms with Gasteiger partial charge in [0.05, 0.1) is 0 Å². The van der Waals surface area contributed by atoms with Gasteiger partial charge in [0.15, 0.2) is 0 Å². The normalized spacial score (nSPS) is 32.4. The summed E-state index contributed by atoms with van der Waals surface area (Å²) in [5, 5.41) is 3.27. The molecule has 1 atom stereocenters. The predicted molar refractivity (Wildman–Crippen MR) is 95.4 cm³/mol. The molecule has 1 saturated heterocycles. The number of piperidine rings is 1. The first-order chi connectivity index (χ1) is 11.6. The Labute approximate surface area is 146 Å². The van der Waals surface area contributed by atoms with Gasteiger partial charge in [-0.05, 0) is 57.3 Å². The van der Waals surface area contributed by atoms with Gasteiger partial charge in [-0.1, -0.05) is 26.2 Å². The lowest BCUT2D eigenvalue weighted by molar-refractivity contribution is -0.140. The van der Waals surface area contributed by atoms with Crippen LogP contribution in [0.2, 0.25) is 0 Å². The SMILES string of the molecule is CC1CCCN(C(=O)C2CCC(C(=O)NC3CCCCC3)CC2)C1. The van der Waals surface area contributed by atoms with Gasteiger partial charge in [-0.15, -0.1) is 0 Å². The Hall–Kier alpha value is -1.06. The van der Waals surface area contributed by atoms with Crippen LogP contribution >= 0.6 is 0 Å². The second-order valence-electron chi connectivity index (χ2n) is 8.42. The fraction of sp³-hybridized carbons (Fsp3) is 0.900. The van der Waals surface area contributed by atoms with Crippen molar-refractivity contribution in [1.82, 2.24) is 10.2 Å². The van der Waals surface area contributed by atoms with Crippen LogP contribution in [0.5, 0.6) is 0 Å². The number of carbonyl (C=O) groups excluding carboxylic acids is 2. The maximum atomic E-state index is 12.7. The summed E-state index contributed by atoms with van der Waals surface area (Å²) in [4.78, 5) is 27.3. The van der Waals surface area contributed by atoms with Crippen molar-refractivity contribution >= 4 is 11.8 Å². The van der Waals surface area contributed by atoms with Crippen molar-refractivity contribution in [3.05, 3.63) is 0 Å². The van der Waals surface area contributed by atoms with E-state index in [1.54, 1.807) is 0 Å². The molecule has 0 radical (unpaired) electrons. The van der Waals surface area contributed by atoms with Crippen molar-refractivity contribution in [2.45, 2.75) is 83.6 Å². The highest BCUT2D eigenvalue weighted by Crippen LogP contribution is 2.32. The zero-order chi connectivity index (χ0) is 16.9. The number of carbonyl (C=O) groups is 2. The Morgan fingerprint density at radius 2 is 1.50 bits per heavy atom. The van der Waals surface area contributed by atoms with Gasteiger partial charge in [-0.3, -0.25) is 9.59 Å². The van der Waals surface area contributed by atoms with Crippen LogP contribution in [0.4, 0.5) is 0 Å². The van der Waals surface area contributed by atoms with Crippen molar-refractivity contribution in [3.8, 4) is 0 Å². The Morgan fingerprint density at radius 1 is 0.833 bits per heavy atom. The molecule has 0 aromatic heterocycles. The van der Waals surface area contributed by atoms with Crippen LogP contribution < -0.4 is 5.32 Å². The molecule has 0 bridgehead atoms. The minimum absolute atomic E-state index is 0.135. The zero-order valence-corrected chi connectivity index (χ0v) is 15.3. The predicted octanol–water partition coefficient (Wildman–Crippen LogP) is 3.50. The molecular formula is C20H34N2O2. The van der Waals surface area contributed by atoms with E-state index in [9.17, 15) is 9.59 Å². The van der Waals surface area contributed by atoms with E-state index in [-0.39, 0.29) is 17.7 Å². The van der Waals surface area contributed by atoms with E-state index in [2.05, 4.69) is 17.1 Å². The zero-order valence-electron chi connectivity index (χ0n) is 15.3. The van der Waals surface area contributed by atoms with Crippen LogP contribution in [0.1, 0.15) is 77.6 Å². The van der Waals surface area contributed by atoms with Crippen LogP contribution in [-0.2, 0) is 9.59 Å². The molecule has 3 aliphatic rings. The van der Waals surface area contributed by atoms with Gasteiger partial charge >= 0.3 is 0 Å². The smallest absolute Gasteiger partial charge is 0.225 e. The number of nitrogens with one attached hydrogen (secondary N) is 1. The van der Waals surface area contributed by atoms with Gasteiger partial charge in [0.2, 0.25) is 11.8 Å². The summed E-state index contributed by atoms with van der Waals surface area (Å²) in [6.07, 6.45) is 12.1. The number of amides is 2. The third-order valence-electron chi connectivity index (χ3n) is 6.37. The Kier molecular flexibility index (Phi) is 6.18. The molecule has 3 fully saturated rings. The lowest BCUT2D eigenvalue weighted by atomic mass is 9.80. The average molecular weight is 335 g/mol. The summed E-state index contributed by atoms with van der Waals surface area (Å²) < 4.78 is 0. The van der Waals surface area contributed by atoms with Gasteiger partial charge in [0, 0.05) is 31.0 Å². The van der Waals surface area contributed by atoms with Crippen LogP contribution in [0.3, 0.4) is 0 Å². The highest BCUT2D eigenvalue weighted by Gasteiger charge is 2.33.